The molecule has 4 heteroatoms. The van der Waals surface area contributed by atoms with Gasteiger partial charge in [-0.2, -0.15) is 8.78 Å². The van der Waals surface area contributed by atoms with Crippen LogP contribution in [0.2, 0.25) is 0 Å². The third kappa shape index (κ3) is 2.86. The van der Waals surface area contributed by atoms with Crippen molar-refractivity contribution in [3.8, 4) is 0 Å². The highest BCUT2D eigenvalue weighted by Crippen LogP contribution is 2.34. The molecule has 0 amide bonds. The van der Waals surface area contributed by atoms with Gasteiger partial charge in [-0.3, -0.25) is 4.90 Å². The van der Waals surface area contributed by atoms with Crippen LogP contribution in [0.4, 0.5) is 8.78 Å². The van der Waals surface area contributed by atoms with E-state index in [4.69, 9.17) is 0 Å². The average Bonchev–Trinajstić information content (AvgIpc) is 2.87. The summed E-state index contributed by atoms with van der Waals surface area (Å²) in [7, 11) is 0. The van der Waals surface area contributed by atoms with Crippen LogP contribution in [0.15, 0.2) is 30.3 Å². The molecule has 1 aliphatic carbocycles. The predicted molar refractivity (Wildman–Crippen MR) is 76.0 cm³/mol. The fourth-order valence-corrected chi connectivity index (χ4v) is 3.62. The lowest BCUT2D eigenvalue weighted by molar-refractivity contribution is -0.0492. The molecule has 3 rings (SSSR count). The Labute approximate surface area is 119 Å². The monoisotopic (exact) mass is 280 g/mol. The van der Waals surface area contributed by atoms with E-state index in [-0.39, 0.29) is 17.6 Å². The second-order valence-electron chi connectivity index (χ2n) is 6.20. The molecule has 1 heterocycles. The summed E-state index contributed by atoms with van der Waals surface area (Å²) in [6.45, 7) is 2.13. The van der Waals surface area contributed by atoms with Gasteiger partial charge in [0.05, 0.1) is 6.54 Å². The van der Waals surface area contributed by atoms with Gasteiger partial charge in [-0.15, -0.1) is 0 Å². The van der Waals surface area contributed by atoms with Crippen molar-refractivity contribution in [3.63, 3.8) is 0 Å². The van der Waals surface area contributed by atoms with E-state index in [9.17, 15) is 8.78 Å². The van der Waals surface area contributed by atoms with Crippen molar-refractivity contribution in [2.75, 3.05) is 26.2 Å². The van der Waals surface area contributed by atoms with Crippen molar-refractivity contribution >= 4 is 0 Å². The van der Waals surface area contributed by atoms with Gasteiger partial charge in [0.15, 0.2) is 0 Å². The highest BCUT2D eigenvalue weighted by atomic mass is 19.3. The Balaban J connectivity index is 1.68. The highest BCUT2D eigenvalue weighted by molar-refractivity contribution is 5.20. The molecule has 2 aliphatic rings. The topological polar surface area (TPSA) is 15.3 Å². The fourth-order valence-electron chi connectivity index (χ4n) is 3.62. The van der Waals surface area contributed by atoms with Crippen LogP contribution in [0.25, 0.3) is 0 Å². The van der Waals surface area contributed by atoms with E-state index in [0.717, 1.165) is 25.9 Å². The van der Waals surface area contributed by atoms with Crippen LogP contribution in [0.1, 0.15) is 31.2 Å². The molecule has 1 aliphatic heterocycles. The van der Waals surface area contributed by atoms with Gasteiger partial charge in [0.25, 0.3) is 5.92 Å². The first-order valence-electron chi connectivity index (χ1n) is 7.51. The van der Waals surface area contributed by atoms with Crippen molar-refractivity contribution in [2.24, 2.45) is 0 Å². The first-order valence-corrected chi connectivity index (χ1v) is 7.51. The fraction of sp³-hybridized carbons (Fsp3) is 0.625. The zero-order chi connectivity index (χ0) is 14.1. The lowest BCUT2D eigenvalue weighted by atomic mass is 9.94. The van der Waals surface area contributed by atoms with Crippen LogP contribution in [0.3, 0.4) is 0 Å². The molecule has 110 valence electrons. The smallest absolute Gasteiger partial charge is 0.285 e. The zero-order valence-corrected chi connectivity index (χ0v) is 11.7. The number of benzene rings is 1. The first kappa shape index (κ1) is 14.0. The van der Waals surface area contributed by atoms with E-state index in [0.29, 0.717) is 6.54 Å². The van der Waals surface area contributed by atoms with Crippen molar-refractivity contribution in [2.45, 2.75) is 37.1 Å². The molecular formula is C16H22F2N2. The largest absolute Gasteiger partial charge is 0.309 e. The van der Waals surface area contributed by atoms with E-state index >= 15 is 0 Å². The molecule has 1 saturated heterocycles. The normalized spacial score (nSPS) is 23.3. The van der Waals surface area contributed by atoms with E-state index in [2.05, 4.69) is 5.32 Å². The predicted octanol–water partition coefficient (Wildman–Crippen LogP) is 3.00. The molecule has 2 nitrogen and oxygen atoms in total. The van der Waals surface area contributed by atoms with Gasteiger partial charge in [-0.05, 0) is 12.8 Å². The van der Waals surface area contributed by atoms with Crippen LogP contribution in [-0.4, -0.2) is 36.6 Å². The molecule has 20 heavy (non-hydrogen) atoms. The zero-order valence-electron chi connectivity index (χ0n) is 11.7. The number of hydrogen-bond acceptors (Lipinski definition) is 2. The summed E-state index contributed by atoms with van der Waals surface area (Å²) in [6, 6.07) is 8.18. The van der Waals surface area contributed by atoms with E-state index in [1.807, 2.05) is 4.90 Å². The standard InChI is InChI=1S/C16H22F2N2/c17-16(18,14-6-2-1-3-7-14)13-20-11-10-19-15(12-20)8-4-5-9-15/h1-3,6-7,19H,4-5,8-13H2. The Hall–Kier alpha value is -1.00. The second kappa shape index (κ2) is 5.41. The van der Waals surface area contributed by atoms with Crippen LogP contribution < -0.4 is 5.32 Å². The third-order valence-electron chi connectivity index (χ3n) is 4.63. The molecule has 1 N–H and O–H groups in total. The lowest BCUT2D eigenvalue weighted by Crippen LogP contribution is -2.60. The maximum Gasteiger partial charge on any atom is 0.285 e. The highest BCUT2D eigenvalue weighted by Gasteiger charge is 2.41. The Morgan fingerprint density at radius 3 is 2.55 bits per heavy atom. The van der Waals surface area contributed by atoms with Gasteiger partial charge in [0, 0.05) is 30.7 Å². The second-order valence-corrected chi connectivity index (χ2v) is 6.20. The maximum absolute atomic E-state index is 14.4. The summed E-state index contributed by atoms with van der Waals surface area (Å²) in [4.78, 5) is 1.94. The summed E-state index contributed by atoms with van der Waals surface area (Å²) in [5.74, 6) is -2.77. The summed E-state index contributed by atoms with van der Waals surface area (Å²) >= 11 is 0. The quantitative estimate of drug-likeness (QED) is 0.915. The molecular weight excluding hydrogens is 258 g/mol. The van der Waals surface area contributed by atoms with Gasteiger partial charge < -0.3 is 5.32 Å². The maximum atomic E-state index is 14.4. The number of piperazine rings is 1. The minimum absolute atomic E-state index is 0.102. The van der Waals surface area contributed by atoms with Gasteiger partial charge in [-0.25, -0.2) is 0 Å². The number of nitrogens with one attached hydrogen (secondary N) is 1. The molecule has 0 aromatic heterocycles. The third-order valence-corrected chi connectivity index (χ3v) is 4.63. The van der Waals surface area contributed by atoms with Crippen LogP contribution >= 0.6 is 0 Å². The molecule has 1 aromatic rings. The number of hydrogen-bond donors (Lipinski definition) is 1. The lowest BCUT2D eigenvalue weighted by Gasteiger charge is -2.42. The Kier molecular flexibility index (Phi) is 3.78. The number of halogens is 2. The van der Waals surface area contributed by atoms with Crippen LogP contribution in [0, 0.1) is 0 Å². The van der Waals surface area contributed by atoms with E-state index in [1.165, 1.54) is 25.0 Å². The first-order chi connectivity index (χ1) is 9.60. The summed E-state index contributed by atoms with van der Waals surface area (Å²) in [6.07, 6.45) is 4.69. The molecule has 0 bridgehead atoms. The summed E-state index contributed by atoms with van der Waals surface area (Å²) < 4.78 is 28.7. The number of rotatable bonds is 3. The van der Waals surface area contributed by atoms with Crippen molar-refractivity contribution in [1.82, 2.24) is 10.2 Å². The van der Waals surface area contributed by atoms with Crippen molar-refractivity contribution in [1.29, 1.82) is 0 Å². The van der Waals surface area contributed by atoms with Gasteiger partial charge in [0.1, 0.15) is 0 Å². The SMILES string of the molecule is FC(F)(CN1CCNC2(CCCC2)C1)c1ccccc1. The minimum Gasteiger partial charge on any atom is -0.309 e. The number of alkyl halides is 2. The van der Waals surface area contributed by atoms with E-state index < -0.39 is 5.92 Å². The van der Waals surface area contributed by atoms with Crippen molar-refractivity contribution < 1.29 is 8.78 Å². The van der Waals surface area contributed by atoms with Crippen LogP contribution in [0.5, 0.6) is 0 Å². The average molecular weight is 280 g/mol. The van der Waals surface area contributed by atoms with Crippen molar-refractivity contribution in [3.05, 3.63) is 35.9 Å². The van der Waals surface area contributed by atoms with E-state index in [1.54, 1.807) is 18.2 Å². The Morgan fingerprint density at radius 2 is 1.85 bits per heavy atom. The number of nitrogens with zero attached hydrogens (tertiary/aromatic N) is 1. The molecule has 0 atom stereocenters. The summed E-state index contributed by atoms with van der Waals surface area (Å²) in [5, 5.41) is 3.56. The molecule has 0 unspecified atom stereocenters. The molecule has 1 spiro atoms. The molecule has 2 fully saturated rings. The van der Waals surface area contributed by atoms with Gasteiger partial charge >= 0.3 is 0 Å². The molecule has 0 radical (unpaired) electrons. The minimum atomic E-state index is -2.77. The van der Waals surface area contributed by atoms with Gasteiger partial charge in [-0.1, -0.05) is 43.2 Å². The van der Waals surface area contributed by atoms with Crippen LogP contribution in [-0.2, 0) is 5.92 Å². The van der Waals surface area contributed by atoms with Gasteiger partial charge in [0.2, 0.25) is 0 Å². The Morgan fingerprint density at radius 1 is 1.15 bits per heavy atom. The molecule has 1 aromatic carbocycles. The Bertz CT molecular complexity index is 441. The molecule has 1 saturated carbocycles. The summed E-state index contributed by atoms with van der Waals surface area (Å²) in [5.41, 5.74) is 0.226.